The van der Waals surface area contributed by atoms with Gasteiger partial charge < -0.3 is 15.2 Å². The number of anilines is 1. The van der Waals surface area contributed by atoms with Crippen LogP contribution in [0.5, 0.6) is 5.75 Å². The highest BCUT2D eigenvalue weighted by Crippen LogP contribution is 2.28. The molecule has 3 N–H and O–H groups in total. The van der Waals surface area contributed by atoms with Gasteiger partial charge in [0, 0.05) is 6.20 Å². The Labute approximate surface area is 118 Å². The number of aromatic nitrogens is 4. The lowest BCUT2D eigenvalue weighted by Crippen LogP contribution is -2.03. The number of hydrogen-bond donors (Lipinski definition) is 3. The van der Waals surface area contributed by atoms with Gasteiger partial charge in [0.05, 0.1) is 12.8 Å². The van der Waals surface area contributed by atoms with Crippen LogP contribution in [0, 0.1) is 11.3 Å². The number of phenols is 1. The summed E-state index contributed by atoms with van der Waals surface area (Å²) >= 11 is 0. The Morgan fingerprint density at radius 1 is 1.57 bits per heavy atom. The topological polar surface area (TPSA) is 137 Å². The van der Waals surface area contributed by atoms with Gasteiger partial charge in [-0.05, 0) is 17.3 Å². The van der Waals surface area contributed by atoms with Crippen molar-refractivity contribution in [1.82, 2.24) is 20.6 Å². The van der Waals surface area contributed by atoms with E-state index < -0.39 is 5.97 Å². The molecule has 9 heteroatoms. The fourth-order valence-electron chi connectivity index (χ4n) is 1.51. The van der Waals surface area contributed by atoms with Crippen molar-refractivity contribution < 1.29 is 14.6 Å². The lowest BCUT2D eigenvalue weighted by Gasteiger charge is -2.08. The van der Waals surface area contributed by atoms with Crippen molar-refractivity contribution in [2.45, 2.75) is 0 Å². The van der Waals surface area contributed by atoms with Crippen molar-refractivity contribution in [2.75, 3.05) is 12.4 Å². The maximum atomic E-state index is 11.5. The third kappa shape index (κ3) is 2.95. The van der Waals surface area contributed by atoms with Crippen molar-refractivity contribution >= 4 is 17.2 Å². The predicted molar refractivity (Wildman–Crippen MR) is 70.8 cm³/mol. The standard InChI is InChI=1S/C12H10N6O3/c1-21-12(20)8-3-2-4-9(10(8)19)14-6-7(5-13)11-15-17-18-16-11/h2-4,6,14,19H,1H3,(H,15,16,17,18). The molecular weight excluding hydrogens is 276 g/mol. The van der Waals surface area contributed by atoms with Gasteiger partial charge in [-0.3, -0.25) is 0 Å². The van der Waals surface area contributed by atoms with Gasteiger partial charge in [-0.25, -0.2) is 4.79 Å². The van der Waals surface area contributed by atoms with E-state index in [9.17, 15) is 9.90 Å². The molecule has 21 heavy (non-hydrogen) atoms. The molecule has 0 aliphatic rings. The number of ether oxygens (including phenoxy) is 1. The first kappa shape index (κ1) is 14.0. The van der Waals surface area contributed by atoms with Gasteiger partial charge in [0.15, 0.2) is 5.75 Å². The number of nitriles is 1. The summed E-state index contributed by atoms with van der Waals surface area (Å²) in [4.78, 5) is 11.5. The summed E-state index contributed by atoms with van der Waals surface area (Å²) in [6.45, 7) is 0. The Kier molecular flexibility index (Phi) is 4.11. The van der Waals surface area contributed by atoms with E-state index in [1.165, 1.54) is 25.4 Å². The number of aromatic amines is 1. The van der Waals surface area contributed by atoms with Crippen molar-refractivity contribution in [2.24, 2.45) is 0 Å². The van der Waals surface area contributed by atoms with Gasteiger partial charge in [-0.2, -0.15) is 10.5 Å². The van der Waals surface area contributed by atoms with E-state index in [1.807, 2.05) is 6.07 Å². The van der Waals surface area contributed by atoms with E-state index in [-0.39, 0.29) is 28.4 Å². The number of methoxy groups -OCH3 is 1. The minimum Gasteiger partial charge on any atom is -0.505 e. The van der Waals surface area contributed by atoms with Crippen LogP contribution >= 0.6 is 0 Å². The Morgan fingerprint density at radius 2 is 2.38 bits per heavy atom. The number of nitrogens with one attached hydrogen (secondary N) is 2. The first-order chi connectivity index (χ1) is 10.2. The fraction of sp³-hybridized carbons (Fsp3) is 0.0833. The zero-order chi connectivity index (χ0) is 15.2. The molecule has 0 saturated heterocycles. The molecule has 0 aliphatic heterocycles. The summed E-state index contributed by atoms with van der Waals surface area (Å²) < 4.78 is 4.55. The summed E-state index contributed by atoms with van der Waals surface area (Å²) in [5.74, 6) is -0.849. The monoisotopic (exact) mass is 286 g/mol. The Bertz CT molecular complexity index is 717. The highest BCUT2D eigenvalue weighted by Gasteiger charge is 2.14. The van der Waals surface area contributed by atoms with Crippen LogP contribution in [0.15, 0.2) is 24.4 Å². The van der Waals surface area contributed by atoms with Crippen molar-refractivity contribution in [3.8, 4) is 11.8 Å². The quantitative estimate of drug-likeness (QED) is 0.423. The summed E-state index contributed by atoms with van der Waals surface area (Å²) in [5, 5.41) is 34.6. The van der Waals surface area contributed by atoms with Crippen molar-refractivity contribution in [1.29, 1.82) is 5.26 Å². The molecule has 0 fully saturated rings. The average Bonchev–Trinajstić information content (AvgIpc) is 3.03. The molecular formula is C12H10N6O3. The Hall–Kier alpha value is -3.41. The number of phenolic OH excluding ortho intramolecular Hbond substituents is 1. The molecule has 0 amide bonds. The van der Waals surface area contributed by atoms with E-state index in [0.29, 0.717) is 0 Å². The number of allylic oxidation sites excluding steroid dienone is 1. The summed E-state index contributed by atoms with van der Waals surface area (Å²) in [6, 6.07) is 6.39. The molecule has 0 spiro atoms. The van der Waals surface area contributed by atoms with Crippen LogP contribution in [0.1, 0.15) is 16.2 Å². The van der Waals surface area contributed by atoms with Crippen LogP contribution in [-0.4, -0.2) is 38.8 Å². The maximum absolute atomic E-state index is 11.5. The highest BCUT2D eigenvalue weighted by atomic mass is 16.5. The molecule has 106 valence electrons. The largest absolute Gasteiger partial charge is 0.505 e. The van der Waals surface area contributed by atoms with E-state index in [2.05, 4.69) is 30.7 Å². The van der Waals surface area contributed by atoms with E-state index in [1.54, 1.807) is 6.07 Å². The number of benzene rings is 1. The van der Waals surface area contributed by atoms with Gasteiger partial charge in [-0.1, -0.05) is 6.07 Å². The smallest absolute Gasteiger partial charge is 0.341 e. The van der Waals surface area contributed by atoms with Gasteiger partial charge in [0.2, 0.25) is 5.82 Å². The normalized spacial score (nSPS) is 10.8. The van der Waals surface area contributed by atoms with E-state index in [4.69, 9.17) is 5.26 Å². The van der Waals surface area contributed by atoms with Crippen LogP contribution in [0.4, 0.5) is 5.69 Å². The number of tetrazole rings is 1. The lowest BCUT2D eigenvalue weighted by molar-refractivity contribution is 0.0597. The molecule has 0 saturated carbocycles. The minimum atomic E-state index is -0.668. The minimum absolute atomic E-state index is 0.00830. The predicted octanol–water partition coefficient (Wildman–Crippen LogP) is 0.668. The average molecular weight is 286 g/mol. The maximum Gasteiger partial charge on any atom is 0.341 e. The molecule has 1 aromatic carbocycles. The molecule has 2 rings (SSSR count). The summed E-state index contributed by atoms with van der Waals surface area (Å²) in [5.41, 5.74) is 0.342. The number of carbonyl (C=O) groups excluding carboxylic acids is 1. The summed E-state index contributed by atoms with van der Waals surface area (Å²) in [6.07, 6.45) is 1.29. The number of esters is 1. The first-order valence-electron chi connectivity index (χ1n) is 5.68. The van der Waals surface area contributed by atoms with Gasteiger partial charge in [0.1, 0.15) is 17.2 Å². The number of hydrogen-bond acceptors (Lipinski definition) is 8. The molecule has 0 atom stereocenters. The molecule has 0 unspecified atom stereocenters. The van der Waals surface area contributed by atoms with Crippen LogP contribution in [-0.2, 0) is 4.74 Å². The number of nitrogens with zero attached hydrogens (tertiary/aromatic N) is 4. The summed E-state index contributed by atoms with van der Waals surface area (Å²) in [7, 11) is 1.21. The fourth-order valence-corrected chi connectivity index (χ4v) is 1.51. The molecule has 9 nitrogen and oxygen atoms in total. The number of aromatic hydroxyl groups is 1. The molecule has 0 bridgehead atoms. The Balaban J connectivity index is 2.28. The molecule has 1 heterocycles. The number of carbonyl (C=O) groups is 1. The SMILES string of the molecule is COC(=O)c1cccc(NC=C(C#N)c2nn[nH]n2)c1O. The number of H-pyrrole nitrogens is 1. The molecule has 1 aromatic heterocycles. The third-order valence-corrected chi connectivity index (χ3v) is 2.52. The second-order valence-corrected chi connectivity index (χ2v) is 3.74. The van der Waals surface area contributed by atoms with E-state index in [0.717, 1.165) is 0 Å². The van der Waals surface area contributed by atoms with Crippen molar-refractivity contribution in [3.05, 3.63) is 35.8 Å². The molecule has 0 radical (unpaired) electrons. The Morgan fingerprint density at radius 3 is 3.00 bits per heavy atom. The van der Waals surface area contributed by atoms with Crippen molar-refractivity contribution in [3.63, 3.8) is 0 Å². The van der Waals surface area contributed by atoms with Gasteiger partial charge >= 0.3 is 5.97 Å². The van der Waals surface area contributed by atoms with Gasteiger partial charge in [-0.15, -0.1) is 10.2 Å². The first-order valence-corrected chi connectivity index (χ1v) is 5.68. The molecule has 0 aliphatic carbocycles. The number of rotatable bonds is 4. The van der Waals surface area contributed by atoms with Crippen LogP contribution in [0.25, 0.3) is 5.57 Å². The van der Waals surface area contributed by atoms with E-state index >= 15 is 0 Å². The highest BCUT2D eigenvalue weighted by molar-refractivity contribution is 5.94. The second kappa shape index (κ2) is 6.16. The van der Waals surface area contributed by atoms with Crippen LogP contribution < -0.4 is 5.32 Å². The third-order valence-electron chi connectivity index (χ3n) is 2.52. The zero-order valence-corrected chi connectivity index (χ0v) is 10.9. The zero-order valence-electron chi connectivity index (χ0n) is 10.9. The lowest BCUT2D eigenvalue weighted by atomic mass is 10.1. The molecule has 2 aromatic rings. The van der Waals surface area contributed by atoms with Gasteiger partial charge in [0.25, 0.3) is 0 Å². The number of para-hydroxylation sites is 1. The van der Waals surface area contributed by atoms with Crippen LogP contribution in [0.2, 0.25) is 0 Å². The second-order valence-electron chi connectivity index (χ2n) is 3.74. The van der Waals surface area contributed by atoms with Crippen LogP contribution in [0.3, 0.4) is 0 Å².